The lowest BCUT2D eigenvalue weighted by molar-refractivity contribution is 0.667. The molecule has 4 aromatic heterocycles. The zero-order chi connectivity index (χ0) is 28.8. The van der Waals surface area contributed by atoms with Gasteiger partial charge in [0.15, 0.2) is 5.58 Å². The highest BCUT2D eigenvalue weighted by atomic mass is 32.1. The molecule has 0 fully saturated rings. The Labute approximate surface area is 259 Å². The van der Waals surface area contributed by atoms with E-state index in [9.17, 15) is 0 Å². The lowest BCUT2D eigenvalue weighted by Gasteiger charge is -2.26. The van der Waals surface area contributed by atoms with Gasteiger partial charge in [0.2, 0.25) is 0 Å². The molecule has 0 atom stereocenters. The average molecular weight is 599 g/mol. The van der Waals surface area contributed by atoms with Crippen LogP contribution in [-0.4, -0.2) is 4.98 Å². The summed E-state index contributed by atoms with van der Waals surface area (Å²) in [6.07, 6.45) is 1.85. The first-order chi connectivity index (χ1) is 21.8. The number of rotatable bonds is 3. The van der Waals surface area contributed by atoms with E-state index in [1.54, 1.807) is 0 Å². The van der Waals surface area contributed by atoms with Crippen LogP contribution in [0.5, 0.6) is 0 Å². The summed E-state index contributed by atoms with van der Waals surface area (Å²) in [6.45, 7) is 0. The molecule has 4 heterocycles. The van der Waals surface area contributed by atoms with Crippen LogP contribution >= 0.6 is 22.7 Å². The maximum Gasteiger partial charge on any atom is 0.154 e. The van der Waals surface area contributed by atoms with Gasteiger partial charge in [-0.05, 0) is 72.8 Å². The first kappa shape index (κ1) is 24.2. The fraction of sp³-hybridized carbons (Fsp3) is 0. The molecule has 10 aromatic rings. The topological polar surface area (TPSA) is 29.3 Å². The van der Waals surface area contributed by atoms with Crippen molar-refractivity contribution in [1.29, 1.82) is 0 Å². The molecule has 5 heteroatoms. The Kier molecular flexibility index (Phi) is 5.03. The van der Waals surface area contributed by atoms with Gasteiger partial charge in [0.1, 0.15) is 5.58 Å². The second-order valence-electron chi connectivity index (χ2n) is 11.2. The van der Waals surface area contributed by atoms with Crippen LogP contribution in [0.1, 0.15) is 0 Å². The molecule has 0 bridgehead atoms. The van der Waals surface area contributed by atoms with Crippen LogP contribution in [-0.2, 0) is 0 Å². The predicted molar refractivity (Wildman–Crippen MR) is 189 cm³/mol. The van der Waals surface area contributed by atoms with Crippen LogP contribution in [0, 0.1) is 0 Å². The Bertz CT molecular complexity index is 2640. The van der Waals surface area contributed by atoms with E-state index in [1.807, 2.05) is 34.9 Å². The molecule has 0 unspecified atom stereocenters. The molecular formula is C39H22N2OS2. The second-order valence-corrected chi connectivity index (χ2v) is 13.4. The van der Waals surface area contributed by atoms with Crippen molar-refractivity contribution in [3.63, 3.8) is 0 Å². The Balaban J connectivity index is 1.26. The minimum atomic E-state index is 0.805. The molecule has 0 radical (unpaired) electrons. The third-order valence-corrected chi connectivity index (χ3v) is 11.0. The summed E-state index contributed by atoms with van der Waals surface area (Å²) < 4.78 is 11.5. The molecule has 0 amide bonds. The molecule has 0 saturated carbocycles. The van der Waals surface area contributed by atoms with Crippen LogP contribution in [0.25, 0.3) is 73.2 Å². The van der Waals surface area contributed by atoms with E-state index in [0.29, 0.717) is 0 Å². The number of furan rings is 1. The van der Waals surface area contributed by atoms with Gasteiger partial charge in [-0.3, -0.25) is 4.98 Å². The number of benzene rings is 6. The van der Waals surface area contributed by atoms with Crippen LogP contribution in [0.3, 0.4) is 0 Å². The lowest BCUT2D eigenvalue weighted by Crippen LogP contribution is -2.09. The number of pyridine rings is 1. The van der Waals surface area contributed by atoms with Gasteiger partial charge in [-0.2, -0.15) is 0 Å². The number of para-hydroxylation sites is 1. The van der Waals surface area contributed by atoms with E-state index < -0.39 is 0 Å². The minimum Gasteiger partial charge on any atom is -0.454 e. The van der Waals surface area contributed by atoms with Crippen molar-refractivity contribution in [2.75, 3.05) is 4.90 Å². The molecule has 0 saturated heterocycles. The Morgan fingerprint density at radius 1 is 0.455 bits per heavy atom. The van der Waals surface area contributed by atoms with Crippen LogP contribution in [0.4, 0.5) is 17.1 Å². The zero-order valence-electron chi connectivity index (χ0n) is 23.3. The summed E-state index contributed by atoms with van der Waals surface area (Å²) >= 11 is 3.70. The SMILES string of the molecule is c1ccc2c(c1)ncc1oc3ccc(N(c4ccc5sc6ccccc6c5c4)c4ccc5sc6ccccc6c5c4)cc3c12. The third kappa shape index (κ3) is 3.51. The van der Waals surface area contributed by atoms with Crippen molar-refractivity contribution in [1.82, 2.24) is 4.98 Å². The fourth-order valence-electron chi connectivity index (χ4n) is 6.69. The fourth-order valence-corrected chi connectivity index (χ4v) is 8.86. The van der Waals surface area contributed by atoms with Crippen molar-refractivity contribution < 1.29 is 4.42 Å². The molecule has 44 heavy (non-hydrogen) atoms. The van der Waals surface area contributed by atoms with Crippen molar-refractivity contribution in [3.8, 4) is 0 Å². The molecule has 10 rings (SSSR count). The number of hydrogen-bond acceptors (Lipinski definition) is 5. The van der Waals surface area contributed by atoms with Gasteiger partial charge in [0.05, 0.1) is 11.7 Å². The Morgan fingerprint density at radius 2 is 0.977 bits per heavy atom. The molecule has 0 aliphatic carbocycles. The zero-order valence-corrected chi connectivity index (χ0v) is 25.0. The van der Waals surface area contributed by atoms with E-state index in [-0.39, 0.29) is 0 Å². The maximum atomic E-state index is 6.32. The third-order valence-electron chi connectivity index (χ3n) is 8.69. The monoisotopic (exact) mass is 598 g/mol. The highest BCUT2D eigenvalue weighted by Gasteiger charge is 2.19. The number of nitrogens with zero attached hydrogens (tertiary/aromatic N) is 2. The van der Waals surface area contributed by atoms with Gasteiger partial charge in [-0.15, -0.1) is 22.7 Å². The number of fused-ring (bicyclic) bond motifs is 11. The second kappa shape index (κ2) is 9.13. The first-order valence-electron chi connectivity index (χ1n) is 14.6. The lowest BCUT2D eigenvalue weighted by atomic mass is 10.1. The van der Waals surface area contributed by atoms with Gasteiger partial charge in [-0.1, -0.05) is 54.6 Å². The summed E-state index contributed by atoms with van der Waals surface area (Å²) in [5, 5.41) is 8.44. The van der Waals surface area contributed by atoms with E-state index in [1.165, 1.54) is 40.3 Å². The van der Waals surface area contributed by atoms with E-state index in [0.717, 1.165) is 49.9 Å². The Hall–Kier alpha value is -5.23. The van der Waals surface area contributed by atoms with Crippen LogP contribution in [0.15, 0.2) is 138 Å². The molecule has 6 aromatic carbocycles. The van der Waals surface area contributed by atoms with E-state index in [2.05, 4.69) is 131 Å². The summed E-state index contributed by atoms with van der Waals surface area (Å²) in [5.41, 5.74) is 5.96. The number of anilines is 3. The largest absolute Gasteiger partial charge is 0.454 e. The average Bonchev–Trinajstić information content (AvgIpc) is 3.76. The number of thiophene rings is 2. The summed E-state index contributed by atoms with van der Waals surface area (Å²) in [4.78, 5) is 7.04. The molecule has 206 valence electrons. The van der Waals surface area contributed by atoms with Gasteiger partial charge >= 0.3 is 0 Å². The molecule has 0 spiro atoms. The standard InChI is InChI=1S/C39H22N2OS2/c1-4-10-32-28(9-1)39-31-21-23(13-16-33(31)42-34(39)22-40-32)41(24-14-17-37-29(19-24)26-7-2-5-11-35(26)43-37)25-15-18-38-30(20-25)27-8-3-6-12-36(27)44-38/h1-22H. The summed E-state index contributed by atoms with van der Waals surface area (Å²) in [7, 11) is 0. The summed E-state index contributed by atoms with van der Waals surface area (Å²) in [6, 6.07) is 46.0. The maximum absolute atomic E-state index is 6.32. The van der Waals surface area contributed by atoms with Crippen molar-refractivity contribution >= 4 is 113 Å². The van der Waals surface area contributed by atoms with Gasteiger partial charge in [-0.25, -0.2) is 0 Å². The molecule has 0 N–H and O–H groups in total. The first-order valence-corrected chi connectivity index (χ1v) is 16.2. The van der Waals surface area contributed by atoms with Crippen molar-refractivity contribution in [2.24, 2.45) is 0 Å². The van der Waals surface area contributed by atoms with Gasteiger partial charge in [0.25, 0.3) is 0 Å². The van der Waals surface area contributed by atoms with Crippen molar-refractivity contribution in [2.45, 2.75) is 0 Å². The normalized spacial score (nSPS) is 12.1. The van der Waals surface area contributed by atoms with Gasteiger partial charge in [0, 0.05) is 73.6 Å². The molecular weight excluding hydrogens is 577 g/mol. The number of aromatic nitrogens is 1. The highest BCUT2D eigenvalue weighted by molar-refractivity contribution is 7.26. The number of hydrogen-bond donors (Lipinski definition) is 0. The van der Waals surface area contributed by atoms with E-state index in [4.69, 9.17) is 4.42 Å². The highest BCUT2D eigenvalue weighted by Crippen LogP contribution is 2.44. The molecule has 0 aliphatic rings. The molecule has 0 aliphatic heterocycles. The van der Waals surface area contributed by atoms with Crippen LogP contribution < -0.4 is 4.90 Å². The quantitative estimate of drug-likeness (QED) is 0.203. The predicted octanol–water partition coefficient (Wildman–Crippen LogP) is 12.3. The van der Waals surface area contributed by atoms with Gasteiger partial charge < -0.3 is 9.32 Å². The van der Waals surface area contributed by atoms with Crippen molar-refractivity contribution in [3.05, 3.63) is 134 Å². The Morgan fingerprint density at radius 3 is 1.64 bits per heavy atom. The molecule has 3 nitrogen and oxygen atoms in total. The van der Waals surface area contributed by atoms with E-state index >= 15 is 0 Å². The minimum absolute atomic E-state index is 0.805. The smallest absolute Gasteiger partial charge is 0.154 e. The summed E-state index contributed by atoms with van der Waals surface area (Å²) in [5.74, 6) is 0. The van der Waals surface area contributed by atoms with Crippen LogP contribution in [0.2, 0.25) is 0 Å².